The Balaban J connectivity index is 1.57. The molecule has 0 saturated heterocycles. The zero-order valence-electron chi connectivity index (χ0n) is 17.0. The first-order valence-electron chi connectivity index (χ1n) is 10.1. The van der Waals surface area contributed by atoms with E-state index in [0.717, 1.165) is 5.56 Å². The lowest BCUT2D eigenvalue weighted by molar-refractivity contribution is -0.147. The van der Waals surface area contributed by atoms with E-state index in [1.807, 2.05) is 30.3 Å². The van der Waals surface area contributed by atoms with Gasteiger partial charge in [0.25, 0.3) is 11.5 Å². The Kier molecular flexibility index (Phi) is 5.79. The summed E-state index contributed by atoms with van der Waals surface area (Å²) in [6.45, 7) is 2.11. The number of nitrogens with one attached hydrogen (secondary N) is 2. The van der Waals surface area contributed by atoms with Crippen LogP contribution >= 0.6 is 0 Å². The zero-order chi connectivity index (χ0) is 21.8. The molecule has 0 saturated carbocycles. The Morgan fingerprint density at radius 1 is 1.13 bits per heavy atom. The van der Waals surface area contributed by atoms with Crippen molar-refractivity contribution in [3.63, 3.8) is 0 Å². The molecule has 4 aromatic rings. The normalized spacial score (nSPS) is 12.0. The minimum absolute atomic E-state index is 0.0989. The predicted molar refractivity (Wildman–Crippen MR) is 116 cm³/mol. The summed E-state index contributed by atoms with van der Waals surface area (Å²) in [6, 6.07) is 16.6. The minimum Gasteiger partial charge on any atom is -0.466 e. The minimum atomic E-state index is -0.534. The number of carbonyl (C=O) groups excluding carboxylic acids is 2. The molecule has 0 aliphatic rings. The van der Waals surface area contributed by atoms with Crippen molar-refractivity contribution in [1.29, 1.82) is 0 Å². The Morgan fingerprint density at radius 3 is 2.65 bits per heavy atom. The van der Waals surface area contributed by atoms with Gasteiger partial charge in [0.2, 0.25) is 0 Å². The molecule has 0 spiro atoms. The van der Waals surface area contributed by atoms with Gasteiger partial charge >= 0.3 is 5.97 Å². The second-order valence-corrected chi connectivity index (χ2v) is 7.14. The van der Waals surface area contributed by atoms with Gasteiger partial charge in [-0.1, -0.05) is 42.5 Å². The van der Waals surface area contributed by atoms with Gasteiger partial charge in [0.05, 0.1) is 29.6 Å². The Hall–Kier alpha value is -3.94. The molecule has 158 valence electrons. The maximum absolute atomic E-state index is 12.9. The van der Waals surface area contributed by atoms with Gasteiger partial charge in [-0.3, -0.25) is 14.4 Å². The van der Waals surface area contributed by atoms with Crippen LogP contribution in [-0.2, 0) is 16.0 Å². The van der Waals surface area contributed by atoms with E-state index in [-0.39, 0.29) is 30.2 Å². The molecule has 0 radical (unpaired) electrons. The number of esters is 1. The van der Waals surface area contributed by atoms with Crippen molar-refractivity contribution in [2.75, 3.05) is 13.2 Å². The van der Waals surface area contributed by atoms with Gasteiger partial charge in [-0.05, 0) is 31.0 Å². The standard InChI is InChI=1S/C23H22N4O4/c1-2-31-23(30)16(12-15-8-4-3-5-9-15)13-24-21(28)18-14-25-27-19-11-7-6-10-17(19)22(29)26-20(18)27/h3-11,14,16H,2,12-13H2,1H3,(H,24,28)(H,26,29). The summed E-state index contributed by atoms with van der Waals surface area (Å²) in [4.78, 5) is 40.4. The molecule has 1 unspecified atom stereocenters. The molecule has 2 heterocycles. The van der Waals surface area contributed by atoms with E-state index in [1.54, 1.807) is 31.2 Å². The van der Waals surface area contributed by atoms with Gasteiger partial charge < -0.3 is 15.0 Å². The highest BCUT2D eigenvalue weighted by atomic mass is 16.5. The number of rotatable bonds is 7. The largest absolute Gasteiger partial charge is 0.466 e. The van der Waals surface area contributed by atoms with Crippen LogP contribution in [0.5, 0.6) is 0 Å². The van der Waals surface area contributed by atoms with Crippen molar-refractivity contribution < 1.29 is 14.3 Å². The summed E-state index contributed by atoms with van der Waals surface area (Å²) < 4.78 is 6.71. The Morgan fingerprint density at radius 2 is 1.87 bits per heavy atom. The fourth-order valence-corrected chi connectivity index (χ4v) is 3.55. The molecule has 31 heavy (non-hydrogen) atoms. The van der Waals surface area contributed by atoms with Crippen LogP contribution in [0.15, 0.2) is 65.6 Å². The van der Waals surface area contributed by atoms with Crippen molar-refractivity contribution in [1.82, 2.24) is 19.9 Å². The molecular weight excluding hydrogens is 396 g/mol. The Labute approximate surface area is 177 Å². The fraction of sp³-hybridized carbons (Fsp3) is 0.217. The number of aromatic nitrogens is 3. The number of nitrogens with zero attached hydrogens (tertiary/aromatic N) is 2. The van der Waals surface area contributed by atoms with Crippen LogP contribution < -0.4 is 10.9 Å². The van der Waals surface area contributed by atoms with Crippen molar-refractivity contribution in [2.24, 2.45) is 5.92 Å². The maximum Gasteiger partial charge on any atom is 0.311 e. The number of ether oxygens (including phenoxy) is 1. The molecular formula is C23H22N4O4. The van der Waals surface area contributed by atoms with Crippen molar-refractivity contribution in [3.05, 3.63) is 82.3 Å². The monoisotopic (exact) mass is 418 g/mol. The highest BCUT2D eigenvalue weighted by Crippen LogP contribution is 2.15. The quantitative estimate of drug-likeness (QED) is 0.448. The number of carbonyl (C=O) groups is 2. The van der Waals surface area contributed by atoms with E-state index in [2.05, 4.69) is 15.4 Å². The van der Waals surface area contributed by atoms with Crippen molar-refractivity contribution in [3.8, 4) is 0 Å². The van der Waals surface area contributed by atoms with Gasteiger partial charge in [0.15, 0.2) is 0 Å². The molecule has 2 aromatic carbocycles. The topological polar surface area (TPSA) is 106 Å². The highest BCUT2D eigenvalue weighted by molar-refractivity contribution is 6.00. The molecule has 8 heteroatoms. The van der Waals surface area contributed by atoms with E-state index in [0.29, 0.717) is 23.0 Å². The summed E-state index contributed by atoms with van der Waals surface area (Å²) >= 11 is 0. The third-order valence-electron chi connectivity index (χ3n) is 5.08. The molecule has 0 aliphatic carbocycles. The number of H-pyrrole nitrogens is 1. The summed E-state index contributed by atoms with van der Waals surface area (Å²) in [5.41, 5.74) is 1.81. The molecule has 1 atom stereocenters. The van der Waals surface area contributed by atoms with Gasteiger partial charge in [0, 0.05) is 6.54 Å². The number of para-hydroxylation sites is 1. The maximum atomic E-state index is 12.9. The molecule has 2 aromatic heterocycles. The molecule has 8 nitrogen and oxygen atoms in total. The number of amides is 1. The lowest BCUT2D eigenvalue weighted by atomic mass is 9.99. The predicted octanol–water partition coefficient (Wildman–Crippen LogP) is 2.33. The van der Waals surface area contributed by atoms with Crippen LogP contribution in [0, 0.1) is 5.92 Å². The summed E-state index contributed by atoms with van der Waals surface area (Å²) in [7, 11) is 0. The lowest BCUT2D eigenvalue weighted by Crippen LogP contribution is -2.35. The van der Waals surface area contributed by atoms with E-state index in [1.165, 1.54) is 10.7 Å². The fourth-order valence-electron chi connectivity index (χ4n) is 3.55. The SMILES string of the molecule is CCOC(=O)C(CNC(=O)c1cnn2c1[nH]c(=O)c1ccccc12)Cc1ccccc1. The van der Waals surface area contributed by atoms with Gasteiger partial charge in [0.1, 0.15) is 11.2 Å². The summed E-state index contributed by atoms with van der Waals surface area (Å²) in [6.07, 6.45) is 1.85. The number of aromatic amines is 1. The highest BCUT2D eigenvalue weighted by Gasteiger charge is 2.23. The van der Waals surface area contributed by atoms with E-state index >= 15 is 0 Å². The number of benzene rings is 2. The Bertz CT molecular complexity index is 1290. The molecule has 2 N–H and O–H groups in total. The second kappa shape index (κ2) is 8.83. The van der Waals surface area contributed by atoms with Gasteiger partial charge in [-0.15, -0.1) is 0 Å². The summed E-state index contributed by atoms with van der Waals surface area (Å²) in [5.74, 6) is -1.33. The first-order chi connectivity index (χ1) is 15.1. The average molecular weight is 418 g/mol. The second-order valence-electron chi connectivity index (χ2n) is 7.14. The van der Waals surface area contributed by atoms with E-state index in [9.17, 15) is 14.4 Å². The van der Waals surface area contributed by atoms with Gasteiger partial charge in [-0.2, -0.15) is 5.10 Å². The summed E-state index contributed by atoms with van der Waals surface area (Å²) in [5, 5.41) is 7.53. The number of fused-ring (bicyclic) bond motifs is 3. The molecule has 0 aliphatic heterocycles. The third kappa shape index (κ3) is 4.18. The number of hydrogen-bond acceptors (Lipinski definition) is 5. The first-order valence-corrected chi connectivity index (χ1v) is 10.1. The average Bonchev–Trinajstić information content (AvgIpc) is 3.21. The van der Waals surface area contributed by atoms with Crippen LogP contribution in [0.1, 0.15) is 22.8 Å². The van der Waals surface area contributed by atoms with E-state index < -0.39 is 11.8 Å². The molecule has 4 rings (SSSR count). The van der Waals surface area contributed by atoms with Gasteiger partial charge in [-0.25, -0.2) is 4.52 Å². The number of hydrogen-bond donors (Lipinski definition) is 2. The molecule has 1 amide bonds. The zero-order valence-corrected chi connectivity index (χ0v) is 17.0. The van der Waals surface area contributed by atoms with Crippen molar-refractivity contribution in [2.45, 2.75) is 13.3 Å². The molecule has 0 fully saturated rings. The van der Waals surface area contributed by atoms with Crippen LogP contribution in [0.25, 0.3) is 16.6 Å². The lowest BCUT2D eigenvalue weighted by Gasteiger charge is -2.16. The third-order valence-corrected chi connectivity index (χ3v) is 5.08. The van der Waals surface area contributed by atoms with Crippen LogP contribution in [0.4, 0.5) is 0 Å². The van der Waals surface area contributed by atoms with Crippen LogP contribution in [0.3, 0.4) is 0 Å². The van der Waals surface area contributed by atoms with Crippen molar-refractivity contribution >= 4 is 28.4 Å². The van der Waals surface area contributed by atoms with Crippen LogP contribution in [0.2, 0.25) is 0 Å². The molecule has 0 bridgehead atoms. The first kappa shape index (κ1) is 20.3. The van der Waals surface area contributed by atoms with Crippen LogP contribution in [-0.4, -0.2) is 39.6 Å². The smallest absolute Gasteiger partial charge is 0.311 e. The van der Waals surface area contributed by atoms with E-state index in [4.69, 9.17) is 4.74 Å².